The first-order valence-electron chi connectivity index (χ1n) is 13.3. The molecule has 0 saturated heterocycles. The second-order valence-corrected chi connectivity index (χ2v) is 10.4. The predicted molar refractivity (Wildman–Crippen MR) is 145 cm³/mol. The number of anilines is 1. The monoisotopic (exact) mass is 477 g/mol. The van der Waals surface area contributed by atoms with Crippen molar-refractivity contribution in [3.63, 3.8) is 0 Å². The van der Waals surface area contributed by atoms with Crippen LogP contribution in [0.2, 0.25) is 0 Å². The number of carbonyl (C=O) groups is 2. The molecule has 0 spiro atoms. The predicted octanol–water partition coefficient (Wildman–Crippen LogP) is 5.78. The molecule has 0 bridgehead atoms. The minimum Gasteiger partial charge on any atom is -0.341 e. The summed E-state index contributed by atoms with van der Waals surface area (Å²) in [5.74, 6) is 0.654. The van der Waals surface area contributed by atoms with E-state index < -0.39 is 0 Å². The topological polar surface area (TPSA) is 43.9 Å². The van der Waals surface area contributed by atoms with Gasteiger partial charge in [-0.15, -0.1) is 0 Å². The maximum atomic E-state index is 13.3. The van der Waals surface area contributed by atoms with E-state index in [1.54, 1.807) is 11.8 Å². The van der Waals surface area contributed by atoms with Crippen LogP contribution in [0.3, 0.4) is 0 Å². The fraction of sp³-hybridized carbons (Fsp3) is 0.533. The zero-order valence-electron chi connectivity index (χ0n) is 22.1. The Morgan fingerprint density at radius 2 is 1.63 bits per heavy atom. The first kappa shape index (κ1) is 26.9. The van der Waals surface area contributed by atoms with Crippen LogP contribution in [0.25, 0.3) is 0 Å². The normalized spacial score (nSPS) is 15.7. The van der Waals surface area contributed by atoms with Crippen molar-refractivity contribution in [3.05, 3.63) is 65.2 Å². The SMILES string of the molecule is CC(=O)N1CCCCCCCN(CC(C)C)Cc2cc(C(=O)N(C)CCc3ccccc3)ccc21. The number of fused-ring (bicyclic) bond motifs is 1. The van der Waals surface area contributed by atoms with Crippen molar-refractivity contribution in [2.75, 3.05) is 38.1 Å². The number of nitrogens with zero attached hydrogens (tertiary/aromatic N) is 3. The van der Waals surface area contributed by atoms with E-state index in [9.17, 15) is 9.59 Å². The van der Waals surface area contributed by atoms with Gasteiger partial charge in [-0.1, -0.05) is 63.4 Å². The summed E-state index contributed by atoms with van der Waals surface area (Å²) in [7, 11) is 1.87. The van der Waals surface area contributed by atoms with Gasteiger partial charge in [0.15, 0.2) is 0 Å². The van der Waals surface area contributed by atoms with E-state index in [4.69, 9.17) is 0 Å². The molecule has 5 nitrogen and oxygen atoms in total. The molecule has 0 aromatic heterocycles. The lowest BCUT2D eigenvalue weighted by atomic mass is 10.0. The fourth-order valence-corrected chi connectivity index (χ4v) is 4.95. The molecule has 5 heteroatoms. The van der Waals surface area contributed by atoms with Gasteiger partial charge in [0.25, 0.3) is 5.91 Å². The molecule has 0 fully saturated rings. The van der Waals surface area contributed by atoms with Crippen LogP contribution in [-0.4, -0.2) is 54.8 Å². The summed E-state index contributed by atoms with van der Waals surface area (Å²) >= 11 is 0. The molecule has 1 aliphatic rings. The highest BCUT2D eigenvalue weighted by atomic mass is 16.2. The fourth-order valence-electron chi connectivity index (χ4n) is 4.95. The molecule has 2 aromatic rings. The third-order valence-electron chi connectivity index (χ3n) is 6.80. The molecule has 0 saturated carbocycles. The van der Waals surface area contributed by atoms with Crippen molar-refractivity contribution in [1.82, 2.24) is 9.80 Å². The molecule has 1 aliphatic heterocycles. The molecule has 0 atom stereocenters. The zero-order valence-corrected chi connectivity index (χ0v) is 22.1. The first-order chi connectivity index (χ1) is 16.8. The molecule has 3 rings (SSSR count). The number of hydrogen-bond acceptors (Lipinski definition) is 3. The van der Waals surface area contributed by atoms with Gasteiger partial charge in [-0.3, -0.25) is 14.5 Å². The molecule has 0 radical (unpaired) electrons. The number of hydrogen-bond donors (Lipinski definition) is 0. The van der Waals surface area contributed by atoms with Crippen molar-refractivity contribution in [1.29, 1.82) is 0 Å². The Labute approximate surface area is 212 Å². The van der Waals surface area contributed by atoms with E-state index in [1.165, 1.54) is 24.8 Å². The van der Waals surface area contributed by atoms with Gasteiger partial charge in [0, 0.05) is 51.4 Å². The van der Waals surface area contributed by atoms with Crippen molar-refractivity contribution in [3.8, 4) is 0 Å². The number of likely N-dealkylation sites (N-methyl/N-ethyl adjacent to an activating group) is 1. The van der Waals surface area contributed by atoms with Crippen LogP contribution in [-0.2, 0) is 17.8 Å². The minimum atomic E-state index is 0.0274. The minimum absolute atomic E-state index is 0.0274. The van der Waals surface area contributed by atoms with Crippen LogP contribution in [0.15, 0.2) is 48.5 Å². The summed E-state index contributed by atoms with van der Waals surface area (Å²) in [6.07, 6.45) is 6.63. The second kappa shape index (κ2) is 13.4. The first-order valence-corrected chi connectivity index (χ1v) is 13.3. The molecule has 1 heterocycles. The molecule has 2 amide bonds. The summed E-state index contributed by atoms with van der Waals surface area (Å²) in [6.45, 7) is 10.4. The van der Waals surface area contributed by atoms with Crippen molar-refractivity contribution < 1.29 is 9.59 Å². The maximum absolute atomic E-state index is 13.3. The van der Waals surface area contributed by atoms with Gasteiger partial charge in [0.1, 0.15) is 0 Å². The van der Waals surface area contributed by atoms with Crippen LogP contribution in [0.1, 0.15) is 74.4 Å². The average Bonchev–Trinajstić information content (AvgIpc) is 2.83. The van der Waals surface area contributed by atoms with E-state index in [0.717, 1.165) is 56.7 Å². The van der Waals surface area contributed by atoms with Crippen LogP contribution in [0, 0.1) is 5.92 Å². The van der Waals surface area contributed by atoms with Crippen LogP contribution < -0.4 is 4.90 Å². The molecule has 190 valence electrons. The van der Waals surface area contributed by atoms with Crippen molar-refractivity contribution in [2.45, 2.75) is 65.8 Å². The Kier molecular flexibility index (Phi) is 10.3. The van der Waals surface area contributed by atoms with Gasteiger partial charge in [0.05, 0.1) is 0 Å². The third kappa shape index (κ3) is 8.21. The summed E-state index contributed by atoms with van der Waals surface area (Å²) in [5, 5.41) is 0. The van der Waals surface area contributed by atoms with E-state index in [1.807, 2.05) is 48.3 Å². The summed E-state index contributed by atoms with van der Waals surface area (Å²) < 4.78 is 0. The number of carbonyl (C=O) groups excluding carboxylic acids is 2. The van der Waals surface area contributed by atoms with E-state index in [0.29, 0.717) is 18.0 Å². The lowest BCUT2D eigenvalue weighted by molar-refractivity contribution is -0.116. The highest BCUT2D eigenvalue weighted by Crippen LogP contribution is 2.27. The van der Waals surface area contributed by atoms with Crippen LogP contribution in [0.5, 0.6) is 0 Å². The Bertz CT molecular complexity index is 957. The molecule has 2 aromatic carbocycles. The number of rotatable bonds is 6. The molecule has 0 unspecified atom stereocenters. The summed E-state index contributed by atoms with van der Waals surface area (Å²) in [6, 6.07) is 16.2. The smallest absolute Gasteiger partial charge is 0.253 e. The van der Waals surface area contributed by atoms with Crippen LogP contribution >= 0.6 is 0 Å². The zero-order chi connectivity index (χ0) is 25.2. The highest BCUT2D eigenvalue weighted by Gasteiger charge is 2.21. The van der Waals surface area contributed by atoms with Crippen LogP contribution in [0.4, 0.5) is 5.69 Å². The Hall–Kier alpha value is -2.66. The maximum Gasteiger partial charge on any atom is 0.253 e. The highest BCUT2D eigenvalue weighted by molar-refractivity contribution is 5.97. The van der Waals surface area contributed by atoms with Gasteiger partial charge >= 0.3 is 0 Å². The van der Waals surface area contributed by atoms with E-state index in [-0.39, 0.29) is 11.8 Å². The molecule has 35 heavy (non-hydrogen) atoms. The van der Waals surface area contributed by atoms with Gasteiger partial charge < -0.3 is 9.80 Å². The van der Waals surface area contributed by atoms with Gasteiger partial charge in [0.2, 0.25) is 5.91 Å². The molecular weight excluding hydrogens is 434 g/mol. The Morgan fingerprint density at radius 1 is 0.943 bits per heavy atom. The third-order valence-corrected chi connectivity index (χ3v) is 6.80. The lowest BCUT2D eigenvalue weighted by Gasteiger charge is -2.30. The quantitative estimate of drug-likeness (QED) is 0.530. The Morgan fingerprint density at radius 3 is 2.31 bits per heavy atom. The number of amides is 2. The second-order valence-electron chi connectivity index (χ2n) is 10.4. The lowest BCUT2D eigenvalue weighted by Crippen LogP contribution is -2.34. The molecule has 0 aliphatic carbocycles. The van der Waals surface area contributed by atoms with Crippen molar-refractivity contribution in [2.24, 2.45) is 5.92 Å². The summed E-state index contributed by atoms with van der Waals surface area (Å²) in [5.41, 5.74) is 3.95. The van der Waals surface area contributed by atoms with Gasteiger partial charge in [-0.2, -0.15) is 0 Å². The largest absolute Gasteiger partial charge is 0.341 e. The van der Waals surface area contributed by atoms with E-state index >= 15 is 0 Å². The standard InChI is InChI=1S/C30H43N3O2/c1-24(2)22-32-18-11-6-5-7-12-19-33(25(3)34)29-16-15-27(21-28(29)23-32)30(35)31(4)20-17-26-13-9-8-10-14-26/h8-10,13-16,21,24H,5-7,11-12,17-20,22-23H2,1-4H3. The van der Waals surface area contributed by atoms with Crippen molar-refractivity contribution >= 4 is 17.5 Å². The average molecular weight is 478 g/mol. The summed E-state index contributed by atoms with van der Waals surface area (Å²) in [4.78, 5) is 32.2. The molecule has 0 N–H and O–H groups in total. The van der Waals surface area contributed by atoms with E-state index in [2.05, 4.69) is 30.9 Å². The van der Waals surface area contributed by atoms with Gasteiger partial charge in [-0.05, 0) is 61.1 Å². The molecular formula is C30H43N3O2. The number of benzene rings is 2. The Balaban J connectivity index is 1.87. The van der Waals surface area contributed by atoms with Gasteiger partial charge in [-0.25, -0.2) is 0 Å².